The number of hydrogen-bond acceptors (Lipinski definition) is 2. The maximum atomic E-state index is 13.3. The fraction of sp³-hybridized carbons (Fsp3) is 0.455. The first-order valence-electron chi connectivity index (χ1n) is 5.13. The van der Waals surface area contributed by atoms with Crippen molar-refractivity contribution in [1.29, 1.82) is 0 Å². The number of benzene rings is 1. The Labute approximate surface area is 102 Å². The van der Waals surface area contributed by atoms with Crippen molar-refractivity contribution in [3.63, 3.8) is 0 Å². The van der Waals surface area contributed by atoms with E-state index in [-0.39, 0.29) is 5.75 Å². The highest BCUT2D eigenvalue weighted by atomic mass is 79.9. The molecule has 0 spiro atoms. The molecule has 0 unspecified atom stereocenters. The Balaban J connectivity index is 2.47. The molecule has 0 heterocycles. The summed E-state index contributed by atoms with van der Waals surface area (Å²) in [5.41, 5.74) is 0. The van der Waals surface area contributed by atoms with E-state index in [1.165, 1.54) is 6.07 Å². The van der Waals surface area contributed by atoms with Crippen LogP contribution in [0.4, 0.5) is 8.78 Å². The highest BCUT2D eigenvalue weighted by Crippen LogP contribution is 2.28. The summed E-state index contributed by atoms with van der Waals surface area (Å²) in [5, 5.41) is 3.12. The van der Waals surface area contributed by atoms with Crippen LogP contribution in [-0.4, -0.2) is 19.7 Å². The maximum Gasteiger partial charge on any atom is 0.169 e. The average molecular weight is 294 g/mol. The van der Waals surface area contributed by atoms with E-state index in [4.69, 9.17) is 4.74 Å². The number of halogens is 3. The van der Waals surface area contributed by atoms with Gasteiger partial charge in [-0.15, -0.1) is 0 Å². The first-order valence-corrected chi connectivity index (χ1v) is 5.92. The molecule has 0 aliphatic heterocycles. The van der Waals surface area contributed by atoms with Gasteiger partial charge in [-0.3, -0.25) is 0 Å². The summed E-state index contributed by atoms with van der Waals surface area (Å²) >= 11 is 3.06. The summed E-state index contributed by atoms with van der Waals surface area (Å²) in [5.74, 6) is -1.26. The predicted octanol–water partition coefficient (Wildman–Crippen LogP) is 3.11. The molecule has 0 aromatic heterocycles. The molecule has 1 aromatic carbocycles. The summed E-state index contributed by atoms with van der Waals surface area (Å²) in [4.78, 5) is 0. The molecule has 90 valence electrons. The van der Waals surface area contributed by atoms with Crippen LogP contribution in [0.2, 0.25) is 0 Å². The molecule has 0 amide bonds. The molecule has 1 rings (SSSR count). The molecule has 0 aliphatic carbocycles. The Morgan fingerprint density at radius 3 is 2.69 bits per heavy atom. The van der Waals surface area contributed by atoms with Gasteiger partial charge in [0.2, 0.25) is 0 Å². The third kappa shape index (κ3) is 4.06. The molecule has 0 atom stereocenters. The Morgan fingerprint density at radius 1 is 1.31 bits per heavy atom. The lowest BCUT2D eigenvalue weighted by molar-refractivity contribution is 0.296. The van der Waals surface area contributed by atoms with E-state index in [0.717, 1.165) is 19.0 Å². The molecular formula is C11H14BrF2NO. The summed E-state index contributed by atoms with van der Waals surface area (Å²) in [6.45, 7) is 3.94. The van der Waals surface area contributed by atoms with Crippen molar-refractivity contribution >= 4 is 15.9 Å². The largest absolute Gasteiger partial charge is 0.488 e. The van der Waals surface area contributed by atoms with Crippen molar-refractivity contribution in [1.82, 2.24) is 5.32 Å². The molecule has 2 nitrogen and oxygen atoms in total. The van der Waals surface area contributed by atoms with Crippen LogP contribution in [0.3, 0.4) is 0 Å². The SMILES string of the molecule is CCCNCCOc1c(F)cc(F)cc1Br. The van der Waals surface area contributed by atoms with Gasteiger partial charge in [-0.25, -0.2) is 8.78 Å². The molecule has 0 radical (unpaired) electrons. The molecule has 0 aliphatic rings. The molecule has 0 saturated heterocycles. The van der Waals surface area contributed by atoms with Gasteiger partial charge in [0, 0.05) is 12.6 Å². The first kappa shape index (κ1) is 13.4. The van der Waals surface area contributed by atoms with Crippen LogP contribution in [0.1, 0.15) is 13.3 Å². The van der Waals surface area contributed by atoms with Crippen molar-refractivity contribution in [2.24, 2.45) is 0 Å². The number of nitrogens with one attached hydrogen (secondary N) is 1. The number of hydrogen-bond donors (Lipinski definition) is 1. The Kier molecular flexibility index (Phi) is 5.69. The van der Waals surface area contributed by atoms with Crippen molar-refractivity contribution in [3.8, 4) is 5.75 Å². The zero-order valence-electron chi connectivity index (χ0n) is 9.03. The number of ether oxygens (including phenoxy) is 1. The average Bonchev–Trinajstić information content (AvgIpc) is 2.20. The molecule has 0 bridgehead atoms. The van der Waals surface area contributed by atoms with Crippen molar-refractivity contribution < 1.29 is 13.5 Å². The second-order valence-electron chi connectivity index (χ2n) is 3.30. The zero-order chi connectivity index (χ0) is 12.0. The predicted molar refractivity (Wildman–Crippen MR) is 62.7 cm³/mol. The topological polar surface area (TPSA) is 21.3 Å². The standard InChI is InChI=1S/C11H14BrF2NO/c1-2-3-15-4-5-16-11-9(12)6-8(13)7-10(11)14/h6-7,15H,2-5H2,1H3. The first-order chi connectivity index (χ1) is 7.65. The molecule has 16 heavy (non-hydrogen) atoms. The van der Waals surface area contributed by atoms with Crippen molar-refractivity contribution in [2.75, 3.05) is 19.7 Å². The van der Waals surface area contributed by atoms with Crippen LogP contribution >= 0.6 is 15.9 Å². The minimum atomic E-state index is -0.692. The van der Waals surface area contributed by atoms with Gasteiger partial charge >= 0.3 is 0 Å². The summed E-state index contributed by atoms with van der Waals surface area (Å²) in [6, 6.07) is 1.98. The highest BCUT2D eigenvalue weighted by molar-refractivity contribution is 9.10. The van der Waals surface area contributed by atoms with Gasteiger partial charge in [0.05, 0.1) is 4.47 Å². The fourth-order valence-electron chi connectivity index (χ4n) is 1.19. The van der Waals surface area contributed by atoms with Gasteiger partial charge in [-0.2, -0.15) is 0 Å². The van der Waals surface area contributed by atoms with Gasteiger partial charge in [0.25, 0.3) is 0 Å². The van der Waals surface area contributed by atoms with E-state index in [1.807, 2.05) is 0 Å². The summed E-state index contributed by atoms with van der Waals surface area (Å²) < 4.78 is 31.5. The lowest BCUT2D eigenvalue weighted by Gasteiger charge is -2.09. The third-order valence-electron chi connectivity index (χ3n) is 1.92. The van der Waals surface area contributed by atoms with Gasteiger partial charge in [-0.1, -0.05) is 6.92 Å². The van der Waals surface area contributed by atoms with Crippen LogP contribution in [0.5, 0.6) is 5.75 Å². The van der Waals surface area contributed by atoms with Crippen molar-refractivity contribution in [3.05, 3.63) is 28.2 Å². The van der Waals surface area contributed by atoms with Crippen molar-refractivity contribution in [2.45, 2.75) is 13.3 Å². The van der Waals surface area contributed by atoms with E-state index in [1.54, 1.807) is 0 Å². The van der Waals surface area contributed by atoms with E-state index in [0.29, 0.717) is 17.6 Å². The quantitative estimate of drug-likeness (QED) is 0.814. The summed E-state index contributed by atoms with van der Waals surface area (Å²) in [6.07, 6.45) is 1.04. The van der Waals surface area contributed by atoms with Gasteiger partial charge in [0.15, 0.2) is 11.6 Å². The van der Waals surface area contributed by atoms with Gasteiger partial charge in [0.1, 0.15) is 12.4 Å². The maximum absolute atomic E-state index is 13.3. The van der Waals surface area contributed by atoms with Gasteiger partial charge < -0.3 is 10.1 Å². The lowest BCUT2D eigenvalue weighted by atomic mass is 10.3. The monoisotopic (exact) mass is 293 g/mol. The second-order valence-corrected chi connectivity index (χ2v) is 4.15. The molecular weight excluding hydrogens is 280 g/mol. The molecule has 0 saturated carbocycles. The fourth-order valence-corrected chi connectivity index (χ4v) is 1.72. The van der Waals surface area contributed by atoms with Crippen LogP contribution in [0.15, 0.2) is 16.6 Å². The van der Waals surface area contributed by atoms with E-state index < -0.39 is 11.6 Å². The van der Waals surface area contributed by atoms with Gasteiger partial charge in [-0.05, 0) is 35.0 Å². The minimum absolute atomic E-state index is 0.0553. The zero-order valence-corrected chi connectivity index (χ0v) is 10.6. The highest BCUT2D eigenvalue weighted by Gasteiger charge is 2.10. The van der Waals surface area contributed by atoms with Crippen LogP contribution in [0.25, 0.3) is 0 Å². The summed E-state index contributed by atoms with van der Waals surface area (Å²) in [7, 11) is 0. The molecule has 0 fully saturated rings. The number of rotatable bonds is 6. The van der Waals surface area contributed by atoms with E-state index in [9.17, 15) is 8.78 Å². The smallest absolute Gasteiger partial charge is 0.169 e. The van der Waals surface area contributed by atoms with Crippen LogP contribution < -0.4 is 10.1 Å². The Morgan fingerprint density at radius 2 is 2.06 bits per heavy atom. The normalized spacial score (nSPS) is 10.5. The Bertz CT molecular complexity index is 324. The van der Waals surface area contributed by atoms with E-state index in [2.05, 4.69) is 28.2 Å². The third-order valence-corrected chi connectivity index (χ3v) is 2.50. The van der Waals surface area contributed by atoms with Crippen LogP contribution in [-0.2, 0) is 0 Å². The lowest BCUT2D eigenvalue weighted by Crippen LogP contribution is -2.21. The second kappa shape index (κ2) is 6.81. The molecule has 1 N–H and O–H groups in total. The molecule has 1 aromatic rings. The Hall–Kier alpha value is -0.680. The van der Waals surface area contributed by atoms with E-state index >= 15 is 0 Å². The van der Waals surface area contributed by atoms with Crippen LogP contribution in [0, 0.1) is 11.6 Å². The minimum Gasteiger partial charge on any atom is -0.488 e. The molecule has 5 heteroatoms.